The molecular formula is C14H18N2O2S. The molecule has 1 heterocycles. The van der Waals surface area contributed by atoms with E-state index in [4.69, 9.17) is 15.2 Å². The van der Waals surface area contributed by atoms with Gasteiger partial charge in [0.2, 0.25) is 0 Å². The van der Waals surface area contributed by atoms with Crippen molar-refractivity contribution in [1.29, 1.82) is 0 Å². The van der Waals surface area contributed by atoms with Crippen LogP contribution in [0.1, 0.15) is 28.4 Å². The highest BCUT2D eigenvalue weighted by Crippen LogP contribution is 2.29. The molecule has 0 aliphatic heterocycles. The first-order chi connectivity index (χ1) is 9.10. The molecule has 0 aliphatic carbocycles. The van der Waals surface area contributed by atoms with Gasteiger partial charge in [-0.2, -0.15) is 0 Å². The van der Waals surface area contributed by atoms with E-state index >= 15 is 0 Å². The molecule has 102 valence electrons. The van der Waals surface area contributed by atoms with Gasteiger partial charge in [0, 0.05) is 23.9 Å². The Morgan fingerprint density at radius 1 is 1.42 bits per heavy atom. The molecular weight excluding hydrogens is 260 g/mol. The maximum atomic E-state index is 5.95. The second-order valence-electron chi connectivity index (χ2n) is 4.33. The lowest BCUT2D eigenvalue weighted by molar-refractivity contribution is 0.302. The zero-order valence-corrected chi connectivity index (χ0v) is 12.2. The molecule has 1 atom stereocenters. The monoisotopic (exact) mass is 278 g/mol. The first kappa shape index (κ1) is 13.8. The molecule has 0 fully saturated rings. The van der Waals surface area contributed by atoms with E-state index in [0.717, 1.165) is 26.9 Å². The number of nitrogens with two attached hydrogens (primary N) is 1. The van der Waals surface area contributed by atoms with E-state index in [2.05, 4.69) is 4.98 Å². The van der Waals surface area contributed by atoms with Crippen LogP contribution in [-0.2, 0) is 6.61 Å². The zero-order chi connectivity index (χ0) is 13.8. The highest BCUT2D eigenvalue weighted by atomic mass is 32.1. The molecule has 0 bridgehead atoms. The highest BCUT2D eigenvalue weighted by molar-refractivity contribution is 7.11. The molecule has 0 saturated carbocycles. The fourth-order valence-corrected chi connectivity index (χ4v) is 2.47. The Bertz CT molecular complexity index is 552. The van der Waals surface area contributed by atoms with Crippen LogP contribution in [0, 0.1) is 6.92 Å². The summed E-state index contributed by atoms with van der Waals surface area (Å²) in [6, 6.07) is 5.62. The van der Waals surface area contributed by atoms with Crippen LogP contribution < -0.4 is 15.2 Å². The first-order valence-corrected chi connectivity index (χ1v) is 6.89. The summed E-state index contributed by atoms with van der Waals surface area (Å²) in [4.78, 5) is 5.30. The number of ether oxygens (including phenoxy) is 2. The normalized spacial score (nSPS) is 12.2. The van der Waals surface area contributed by atoms with Gasteiger partial charge in [-0.05, 0) is 19.9 Å². The number of hydrogen-bond acceptors (Lipinski definition) is 5. The smallest absolute Gasteiger partial charge is 0.128 e. The van der Waals surface area contributed by atoms with E-state index in [1.807, 2.05) is 38.2 Å². The van der Waals surface area contributed by atoms with Crippen molar-refractivity contribution in [2.24, 2.45) is 5.73 Å². The van der Waals surface area contributed by atoms with Crippen molar-refractivity contribution in [3.05, 3.63) is 39.8 Å². The Hall–Kier alpha value is -1.59. The van der Waals surface area contributed by atoms with E-state index in [0.29, 0.717) is 6.61 Å². The maximum Gasteiger partial charge on any atom is 0.128 e. The minimum atomic E-state index is -0.0795. The standard InChI is InChI=1S/C14H18N2O2S/c1-9(15)13-5-4-11(17-3)6-14(13)18-8-12-7-16-10(2)19-12/h4-7,9H,8,15H2,1-3H3. The summed E-state index contributed by atoms with van der Waals surface area (Å²) in [6.07, 6.45) is 1.84. The number of nitrogens with zero attached hydrogens (tertiary/aromatic N) is 1. The third kappa shape index (κ3) is 3.45. The van der Waals surface area contributed by atoms with Crippen molar-refractivity contribution in [3.63, 3.8) is 0 Å². The van der Waals surface area contributed by atoms with Gasteiger partial charge in [-0.25, -0.2) is 4.98 Å². The highest BCUT2D eigenvalue weighted by Gasteiger charge is 2.10. The molecule has 1 aromatic carbocycles. The van der Waals surface area contributed by atoms with E-state index in [9.17, 15) is 0 Å². The number of benzene rings is 1. The van der Waals surface area contributed by atoms with Crippen LogP contribution >= 0.6 is 11.3 Å². The van der Waals surface area contributed by atoms with E-state index in [1.165, 1.54) is 0 Å². The second-order valence-corrected chi connectivity index (χ2v) is 5.65. The molecule has 5 heteroatoms. The van der Waals surface area contributed by atoms with Crippen LogP contribution in [0.4, 0.5) is 0 Å². The minimum absolute atomic E-state index is 0.0795. The molecule has 0 radical (unpaired) electrons. The Morgan fingerprint density at radius 2 is 2.21 bits per heavy atom. The average Bonchev–Trinajstić information content (AvgIpc) is 2.81. The Kier molecular flexibility index (Phi) is 4.39. The van der Waals surface area contributed by atoms with Crippen molar-refractivity contribution in [1.82, 2.24) is 4.98 Å². The number of hydrogen-bond donors (Lipinski definition) is 1. The van der Waals surface area contributed by atoms with Gasteiger partial charge in [-0.15, -0.1) is 11.3 Å². The lowest BCUT2D eigenvalue weighted by Gasteiger charge is -2.14. The van der Waals surface area contributed by atoms with Gasteiger partial charge in [0.25, 0.3) is 0 Å². The van der Waals surface area contributed by atoms with Gasteiger partial charge in [-0.1, -0.05) is 6.07 Å². The molecule has 0 spiro atoms. The van der Waals surface area contributed by atoms with Crippen LogP contribution in [0.25, 0.3) is 0 Å². The van der Waals surface area contributed by atoms with Gasteiger partial charge >= 0.3 is 0 Å². The third-order valence-corrected chi connectivity index (χ3v) is 3.64. The topological polar surface area (TPSA) is 57.4 Å². The Morgan fingerprint density at radius 3 is 2.79 bits per heavy atom. The van der Waals surface area contributed by atoms with E-state index < -0.39 is 0 Å². The second kappa shape index (κ2) is 6.04. The summed E-state index contributed by atoms with van der Waals surface area (Å²) in [7, 11) is 1.64. The summed E-state index contributed by atoms with van der Waals surface area (Å²) in [6.45, 7) is 4.41. The number of aryl methyl sites for hydroxylation is 1. The van der Waals surface area contributed by atoms with Crippen molar-refractivity contribution >= 4 is 11.3 Å². The largest absolute Gasteiger partial charge is 0.497 e. The SMILES string of the molecule is COc1ccc(C(C)N)c(OCc2cnc(C)s2)c1. The van der Waals surface area contributed by atoms with Gasteiger partial charge in [0.15, 0.2) is 0 Å². The molecule has 1 aromatic heterocycles. The molecule has 2 aromatic rings. The Labute approximate surface area is 117 Å². The van der Waals surface area contributed by atoms with Crippen molar-refractivity contribution in [2.75, 3.05) is 7.11 Å². The quantitative estimate of drug-likeness (QED) is 0.913. The minimum Gasteiger partial charge on any atom is -0.497 e. The van der Waals surface area contributed by atoms with Crippen molar-refractivity contribution < 1.29 is 9.47 Å². The summed E-state index contributed by atoms with van der Waals surface area (Å²) in [5.41, 5.74) is 6.92. The molecule has 0 aliphatic rings. The number of methoxy groups -OCH3 is 1. The molecule has 2 N–H and O–H groups in total. The van der Waals surface area contributed by atoms with Gasteiger partial charge in [0.1, 0.15) is 18.1 Å². The number of aromatic nitrogens is 1. The molecule has 4 nitrogen and oxygen atoms in total. The van der Waals surface area contributed by atoms with Crippen LogP contribution in [-0.4, -0.2) is 12.1 Å². The van der Waals surface area contributed by atoms with E-state index in [-0.39, 0.29) is 6.04 Å². The summed E-state index contributed by atoms with van der Waals surface area (Å²) >= 11 is 1.63. The predicted octanol–water partition coefficient (Wildman–Crippen LogP) is 3.06. The fraction of sp³-hybridized carbons (Fsp3) is 0.357. The van der Waals surface area contributed by atoms with Crippen LogP contribution in [0.3, 0.4) is 0 Å². The van der Waals surface area contributed by atoms with Gasteiger partial charge in [0.05, 0.1) is 17.0 Å². The molecule has 19 heavy (non-hydrogen) atoms. The molecule has 1 unspecified atom stereocenters. The van der Waals surface area contributed by atoms with Crippen molar-refractivity contribution in [3.8, 4) is 11.5 Å². The van der Waals surface area contributed by atoms with Crippen molar-refractivity contribution in [2.45, 2.75) is 26.5 Å². The first-order valence-electron chi connectivity index (χ1n) is 6.07. The summed E-state index contributed by atoms with van der Waals surface area (Å²) < 4.78 is 11.1. The van der Waals surface area contributed by atoms with Crippen LogP contribution in [0.15, 0.2) is 24.4 Å². The molecule has 0 saturated heterocycles. The summed E-state index contributed by atoms with van der Waals surface area (Å²) in [5, 5.41) is 1.04. The average molecular weight is 278 g/mol. The zero-order valence-electron chi connectivity index (χ0n) is 11.3. The predicted molar refractivity (Wildman–Crippen MR) is 76.8 cm³/mol. The fourth-order valence-electron chi connectivity index (χ4n) is 1.76. The lowest BCUT2D eigenvalue weighted by atomic mass is 10.1. The van der Waals surface area contributed by atoms with E-state index in [1.54, 1.807) is 18.4 Å². The Balaban J connectivity index is 2.17. The van der Waals surface area contributed by atoms with Gasteiger partial charge < -0.3 is 15.2 Å². The van der Waals surface area contributed by atoms with Gasteiger partial charge in [-0.3, -0.25) is 0 Å². The van der Waals surface area contributed by atoms with Crippen LogP contribution in [0.5, 0.6) is 11.5 Å². The third-order valence-electron chi connectivity index (χ3n) is 2.75. The molecule has 0 amide bonds. The lowest BCUT2D eigenvalue weighted by Crippen LogP contribution is -2.08. The molecule has 2 rings (SSSR count). The summed E-state index contributed by atoms with van der Waals surface area (Å²) in [5.74, 6) is 1.53. The number of rotatable bonds is 5. The van der Waals surface area contributed by atoms with Crippen LogP contribution in [0.2, 0.25) is 0 Å². The number of thiazole rings is 1. The maximum absolute atomic E-state index is 5.95.